The van der Waals surface area contributed by atoms with Gasteiger partial charge in [-0.25, -0.2) is 4.98 Å². The van der Waals surface area contributed by atoms with Crippen LogP contribution in [0.3, 0.4) is 0 Å². The molecule has 0 aromatic carbocycles. The van der Waals surface area contributed by atoms with Crippen LogP contribution >= 0.6 is 11.3 Å². The van der Waals surface area contributed by atoms with Crippen LogP contribution < -0.4 is 5.73 Å². The molecule has 0 saturated heterocycles. The molecule has 0 spiro atoms. The Morgan fingerprint density at radius 2 is 2.45 bits per heavy atom. The summed E-state index contributed by atoms with van der Waals surface area (Å²) < 4.78 is 0. The summed E-state index contributed by atoms with van der Waals surface area (Å²) in [4.78, 5) is 5.63. The van der Waals surface area contributed by atoms with Gasteiger partial charge in [0.15, 0.2) is 0 Å². The third-order valence-electron chi connectivity index (χ3n) is 1.53. The van der Waals surface area contributed by atoms with Crippen LogP contribution in [0.2, 0.25) is 0 Å². The summed E-state index contributed by atoms with van der Waals surface area (Å²) in [5.74, 6) is 0. The van der Waals surface area contributed by atoms with Gasteiger partial charge in [0.1, 0.15) is 0 Å². The number of aromatic nitrogens is 1. The Bertz CT molecular complexity index is 208. The molecule has 1 heterocycles. The molecule has 0 amide bonds. The number of hydrogen-bond donors (Lipinski definition) is 1. The Morgan fingerprint density at radius 1 is 1.64 bits per heavy atom. The van der Waals surface area contributed by atoms with Crippen molar-refractivity contribution in [1.29, 1.82) is 0 Å². The second-order valence-corrected chi connectivity index (χ2v) is 3.67. The van der Waals surface area contributed by atoms with Crippen molar-refractivity contribution in [1.82, 2.24) is 4.98 Å². The van der Waals surface area contributed by atoms with E-state index < -0.39 is 0 Å². The van der Waals surface area contributed by atoms with E-state index in [2.05, 4.69) is 11.9 Å². The summed E-state index contributed by atoms with van der Waals surface area (Å²) in [7, 11) is 0. The van der Waals surface area contributed by atoms with Crippen molar-refractivity contribution >= 4 is 11.3 Å². The van der Waals surface area contributed by atoms with Crippen molar-refractivity contribution in [3.63, 3.8) is 0 Å². The molecule has 1 aromatic heterocycles. The molecule has 2 nitrogen and oxygen atoms in total. The summed E-state index contributed by atoms with van der Waals surface area (Å²) in [6.07, 6.45) is 5.19. The van der Waals surface area contributed by atoms with Gasteiger partial charge < -0.3 is 5.73 Å². The van der Waals surface area contributed by atoms with Crippen LogP contribution in [-0.4, -0.2) is 11.5 Å². The zero-order chi connectivity index (χ0) is 8.10. The zero-order valence-corrected chi connectivity index (χ0v) is 7.66. The van der Waals surface area contributed by atoms with Crippen LogP contribution in [0, 0.1) is 0 Å². The molecule has 0 aliphatic carbocycles. The third-order valence-corrected chi connectivity index (χ3v) is 2.73. The number of thiazole rings is 1. The van der Waals surface area contributed by atoms with E-state index in [9.17, 15) is 0 Å². The SMILES string of the molecule is CCc1ncc(CCCN)s1. The Balaban J connectivity index is 2.44. The Kier molecular flexibility index (Phi) is 3.52. The molecule has 0 bridgehead atoms. The lowest BCUT2D eigenvalue weighted by Crippen LogP contribution is -1.99. The maximum Gasteiger partial charge on any atom is 0.0924 e. The van der Waals surface area contributed by atoms with Crippen LogP contribution in [0.1, 0.15) is 23.2 Å². The highest BCUT2D eigenvalue weighted by Gasteiger charge is 1.98. The molecule has 1 aromatic rings. The fraction of sp³-hybridized carbons (Fsp3) is 0.625. The van der Waals surface area contributed by atoms with Gasteiger partial charge in [0.05, 0.1) is 5.01 Å². The molecule has 0 aliphatic heterocycles. The second-order valence-electron chi connectivity index (χ2n) is 2.47. The lowest BCUT2D eigenvalue weighted by Gasteiger charge is -1.90. The van der Waals surface area contributed by atoms with Gasteiger partial charge in [0.2, 0.25) is 0 Å². The quantitative estimate of drug-likeness (QED) is 0.745. The molecule has 0 atom stereocenters. The predicted octanol–water partition coefficient (Wildman–Crippen LogP) is 1.60. The van der Waals surface area contributed by atoms with Crippen molar-refractivity contribution in [2.45, 2.75) is 26.2 Å². The molecule has 62 valence electrons. The van der Waals surface area contributed by atoms with Gasteiger partial charge >= 0.3 is 0 Å². The molecule has 0 saturated carbocycles. The highest BCUT2D eigenvalue weighted by Crippen LogP contribution is 2.14. The maximum atomic E-state index is 5.40. The number of rotatable bonds is 4. The van der Waals surface area contributed by atoms with Gasteiger partial charge in [-0.05, 0) is 25.8 Å². The van der Waals surface area contributed by atoms with E-state index in [-0.39, 0.29) is 0 Å². The van der Waals surface area contributed by atoms with Gasteiger partial charge in [-0.15, -0.1) is 11.3 Å². The number of nitrogens with two attached hydrogens (primary N) is 1. The summed E-state index contributed by atoms with van der Waals surface area (Å²) in [5, 5.41) is 1.23. The molecular weight excluding hydrogens is 156 g/mol. The van der Waals surface area contributed by atoms with E-state index in [0.29, 0.717) is 0 Å². The first-order chi connectivity index (χ1) is 5.36. The van der Waals surface area contributed by atoms with Gasteiger partial charge in [0.25, 0.3) is 0 Å². The first-order valence-electron chi connectivity index (χ1n) is 4.00. The van der Waals surface area contributed by atoms with Crippen LogP contribution in [0.15, 0.2) is 6.20 Å². The van der Waals surface area contributed by atoms with E-state index in [1.807, 2.05) is 6.20 Å². The molecule has 0 fully saturated rings. The van der Waals surface area contributed by atoms with Crippen LogP contribution in [-0.2, 0) is 12.8 Å². The lowest BCUT2D eigenvalue weighted by molar-refractivity contribution is 0.841. The molecule has 0 aliphatic rings. The molecule has 1 rings (SSSR count). The minimum absolute atomic E-state index is 0.777. The highest BCUT2D eigenvalue weighted by atomic mass is 32.1. The van der Waals surface area contributed by atoms with Crippen LogP contribution in [0.5, 0.6) is 0 Å². The number of nitrogens with zero attached hydrogens (tertiary/aromatic N) is 1. The van der Waals surface area contributed by atoms with Crippen molar-refractivity contribution in [3.8, 4) is 0 Å². The molecule has 11 heavy (non-hydrogen) atoms. The average molecular weight is 170 g/mol. The summed E-state index contributed by atoms with van der Waals surface area (Å²) in [5.41, 5.74) is 5.40. The second kappa shape index (κ2) is 4.46. The fourth-order valence-electron chi connectivity index (χ4n) is 0.903. The summed E-state index contributed by atoms with van der Waals surface area (Å²) in [6, 6.07) is 0. The van der Waals surface area contributed by atoms with E-state index >= 15 is 0 Å². The first kappa shape index (κ1) is 8.68. The van der Waals surface area contributed by atoms with E-state index in [1.165, 1.54) is 9.88 Å². The summed E-state index contributed by atoms with van der Waals surface area (Å²) in [6.45, 7) is 2.91. The minimum atomic E-state index is 0.777. The van der Waals surface area contributed by atoms with Gasteiger partial charge in [-0.2, -0.15) is 0 Å². The number of hydrogen-bond acceptors (Lipinski definition) is 3. The molecule has 0 unspecified atom stereocenters. The predicted molar refractivity (Wildman–Crippen MR) is 48.9 cm³/mol. The monoisotopic (exact) mass is 170 g/mol. The fourth-order valence-corrected chi connectivity index (χ4v) is 1.81. The normalized spacial score (nSPS) is 10.4. The van der Waals surface area contributed by atoms with E-state index in [4.69, 9.17) is 5.73 Å². The van der Waals surface area contributed by atoms with Crippen molar-refractivity contribution in [2.24, 2.45) is 5.73 Å². The molecule has 3 heteroatoms. The first-order valence-corrected chi connectivity index (χ1v) is 4.82. The molecule has 0 radical (unpaired) electrons. The molecule has 2 N–H and O–H groups in total. The van der Waals surface area contributed by atoms with E-state index in [1.54, 1.807) is 11.3 Å². The Hall–Kier alpha value is -0.410. The Morgan fingerprint density at radius 3 is 3.00 bits per heavy atom. The Labute approximate surface area is 71.5 Å². The van der Waals surface area contributed by atoms with Gasteiger partial charge in [0, 0.05) is 11.1 Å². The largest absolute Gasteiger partial charge is 0.330 e. The van der Waals surface area contributed by atoms with Crippen LogP contribution in [0.25, 0.3) is 0 Å². The third kappa shape index (κ3) is 2.60. The van der Waals surface area contributed by atoms with Gasteiger partial charge in [-0.1, -0.05) is 6.92 Å². The highest BCUT2D eigenvalue weighted by molar-refractivity contribution is 7.11. The molecular formula is C8H14N2S. The van der Waals surface area contributed by atoms with Crippen molar-refractivity contribution < 1.29 is 0 Å². The van der Waals surface area contributed by atoms with Crippen LogP contribution in [0.4, 0.5) is 0 Å². The smallest absolute Gasteiger partial charge is 0.0924 e. The van der Waals surface area contributed by atoms with E-state index in [0.717, 1.165) is 25.8 Å². The topological polar surface area (TPSA) is 38.9 Å². The van der Waals surface area contributed by atoms with Crippen molar-refractivity contribution in [3.05, 3.63) is 16.1 Å². The van der Waals surface area contributed by atoms with Crippen molar-refractivity contribution in [2.75, 3.05) is 6.54 Å². The number of aryl methyl sites for hydroxylation is 2. The maximum absolute atomic E-state index is 5.40. The standard InChI is InChI=1S/C8H14N2S/c1-2-8-10-6-7(11-8)4-3-5-9/h6H,2-5,9H2,1H3. The summed E-state index contributed by atoms with van der Waals surface area (Å²) >= 11 is 1.81. The minimum Gasteiger partial charge on any atom is -0.330 e. The lowest BCUT2D eigenvalue weighted by atomic mass is 10.3. The van der Waals surface area contributed by atoms with Gasteiger partial charge in [-0.3, -0.25) is 0 Å². The zero-order valence-electron chi connectivity index (χ0n) is 6.84. The average Bonchev–Trinajstić information content (AvgIpc) is 2.48.